The molecule has 1 aliphatic carbocycles. The van der Waals surface area contributed by atoms with Crippen LogP contribution in [0.1, 0.15) is 64.0 Å². The van der Waals surface area contributed by atoms with E-state index in [1.54, 1.807) is 13.8 Å². The molecule has 0 spiro atoms. The van der Waals surface area contributed by atoms with E-state index in [9.17, 15) is 19.5 Å². The highest BCUT2D eigenvalue weighted by molar-refractivity contribution is 5.90. The zero-order valence-electron chi connectivity index (χ0n) is 20.3. The Morgan fingerprint density at radius 1 is 0.941 bits per heavy atom. The van der Waals surface area contributed by atoms with E-state index in [4.69, 9.17) is 4.74 Å². The Bertz CT molecular complexity index is 1010. The van der Waals surface area contributed by atoms with E-state index in [0.29, 0.717) is 12.8 Å². The highest BCUT2D eigenvalue weighted by Gasteiger charge is 2.38. The van der Waals surface area contributed by atoms with E-state index in [1.165, 1.54) is 0 Å². The maximum Gasteiger partial charge on any atom is 0.408 e. The summed E-state index contributed by atoms with van der Waals surface area (Å²) in [5.74, 6) is -1.33. The normalized spacial score (nSPS) is 13.1. The lowest BCUT2D eigenvalue weighted by atomic mass is 9.88. The van der Waals surface area contributed by atoms with E-state index in [2.05, 4.69) is 34.9 Å². The molecule has 0 radical (unpaired) electrons. The Labute approximate surface area is 200 Å². The van der Waals surface area contributed by atoms with E-state index in [1.807, 2.05) is 38.1 Å². The van der Waals surface area contributed by atoms with Gasteiger partial charge in [0, 0.05) is 12.5 Å². The quantitative estimate of drug-likeness (QED) is 0.471. The van der Waals surface area contributed by atoms with Crippen LogP contribution in [0.15, 0.2) is 48.5 Å². The van der Waals surface area contributed by atoms with Crippen molar-refractivity contribution in [2.75, 3.05) is 13.2 Å². The number of hydrogen-bond acceptors (Lipinski definition) is 4. The molecule has 3 rings (SSSR count). The average molecular weight is 467 g/mol. The lowest BCUT2D eigenvalue weighted by Crippen LogP contribution is -2.58. The van der Waals surface area contributed by atoms with Gasteiger partial charge in [-0.05, 0) is 55.4 Å². The predicted octanol–water partition coefficient (Wildman–Crippen LogP) is 4.70. The molecule has 0 saturated heterocycles. The number of carboxylic acids is 1. The third-order valence-corrected chi connectivity index (χ3v) is 6.94. The van der Waals surface area contributed by atoms with Crippen molar-refractivity contribution in [3.8, 4) is 11.1 Å². The molecule has 182 valence electrons. The summed E-state index contributed by atoms with van der Waals surface area (Å²) in [7, 11) is 0. The van der Waals surface area contributed by atoms with Crippen molar-refractivity contribution in [2.45, 2.75) is 58.4 Å². The van der Waals surface area contributed by atoms with Crippen LogP contribution >= 0.6 is 0 Å². The maximum absolute atomic E-state index is 13.0. The van der Waals surface area contributed by atoms with Gasteiger partial charge in [-0.15, -0.1) is 0 Å². The van der Waals surface area contributed by atoms with Crippen LogP contribution in [0, 0.1) is 5.41 Å². The Kier molecular flexibility index (Phi) is 7.64. The zero-order valence-corrected chi connectivity index (χ0v) is 20.3. The van der Waals surface area contributed by atoms with Crippen molar-refractivity contribution in [3.05, 3.63) is 59.7 Å². The predicted molar refractivity (Wildman–Crippen MR) is 131 cm³/mol. The molecule has 2 amide bonds. The summed E-state index contributed by atoms with van der Waals surface area (Å²) in [4.78, 5) is 37.1. The first kappa shape index (κ1) is 25.3. The Morgan fingerprint density at radius 2 is 1.47 bits per heavy atom. The molecule has 3 N–H and O–H groups in total. The van der Waals surface area contributed by atoms with Crippen LogP contribution in [0.3, 0.4) is 0 Å². The van der Waals surface area contributed by atoms with Crippen LogP contribution in [-0.4, -0.2) is 41.8 Å². The molecule has 0 saturated carbocycles. The zero-order chi connectivity index (χ0) is 24.9. The van der Waals surface area contributed by atoms with Gasteiger partial charge in [-0.3, -0.25) is 9.59 Å². The first-order valence-corrected chi connectivity index (χ1v) is 11.8. The van der Waals surface area contributed by atoms with Crippen LogP contribution in [0.4, 0.5) is 4.79 Å². The van der Waals surface area contributed by atoms with Crippen molar-refractivity contribution >= 4 is 18.0 Å². The smallest absolute Gasteiger partial charge is 0.408 e. The second-order valence-electron chi connectivity index (χ2n) is 9.43. The topological polar surface area (TPSA) is 105 Å². The van der Waals surface area contributed by atoms with Crippen molar-refractivity contribution in [1.29, 1.82) is 0 Å². The Balaban J connectivity index is 1.64. The Morgan fingerprint density at radius 3 is 1.97 bits per heavy atom. The van der Waals surface area contributed by atoms with Gasteiger partial charge in [-0.2, -0.15) is 0 Å². The number of aliphatic carboxylic acids is 1. The molecule has 0 bridgehead atoms. The van der Waals surface area contributed by atoms with Crippen molar-refractivity contribution < 1.29 is 24.2 Å². The molecule has 7 heteroatoms. The number of fused-ring (bicyclic) bond motifs is 3. The van der Waals surface area contributed by atoms with Gasteiger partial charge in [0.15, 0.2) is 0 Å². The first-order chi connectivity index (χ1) is 16.1. The summed E-state index contributed by atoms with van der Waals surface area (Å²) in [5, 5.41) is 14.8. The van der Waals surface area contributed by atoms with Crippen LogP contribution in [0.25, 0.3) is 11.1 Å². The third-order valence-electron chi connectivity index (χ3n) is 6.94. The molecule has 2 aromatic rings. The Hall–Kier alpha value is -3.35. The number of rotatable bonds is 10. The van der Waals surface area contributed by atoms with E-state index >= 15 is 0 Å². The minimum absolute atomic E-state index is 0.0668. The molecule has 0 unspecified atom stereocenters. The maximum atomic E-state index is 13.0. The van der Waals surface area contributed by atoms with Crippen LogP contribution in [0.5, 0.6) is 0 Å². The van der Waals surface area contributed by atoms with Crippen LogP contribution in [0.2, 0.25) is 0 Å². The van der Waals surface area contributed by atoms with E-state index in [0.717, 1.165) is 22.3 Å². The lowest BCUT2D eigenvalue weighted by molar-refractivity contribution is -0.147. The molecular formula is C27H34N2O5. The van der Waals surface area contributed by atoms with Gasteiger partial charge < -0.3 is 20.5 Å². The number of carbonyl (C=O) groups excluding carboxylic acids is 2. The van der Waals surface area contributed by atoms with Crippen LogP contribution in [-0.2, 0) is 14.3 Å². The number of carboxylic acid groups (broad SMARTS) is 1. The SMILES string of the molecule is CCC(CC)(NC(=O)OCC1c2ccccc2-c2ccccc21)C(=O)NCCC(C)(C)C(=O)O. The number of ether oxygens (including phenoxy) is 1. The molecule has 34 heavy (non-hydrogen) atoms. The lowest BCUT2D eigenvalue weighted by Gasteiger charge is -2.31. The summed E-state index contributed by atoms with van der Waals surface area (Å²) in [6, 6.07) is 16.2. The molecule has 2 aromatic carbocycles. The van der Waals surface area contributed by atoms with E-state index in [-0.39, 0.29) is 31.4 Å². The van der Waals surface area contributed by atoms with Gasteiger partial charge in [0.1, 0.15) is 12.1 Å². The van der Waals surface area contributed by atoms with Crippen LogP contribution < -0.4 is 10.6 Å². The van der Waals surface area contributed by atoms with Gasteiger partial charge in [0.05, 0.1) is 5.41 Å². The molecule has 0 fully saturated rings. The molecule has 0 aliphatic heterocycles. The molecule has 1 aliphatic rings. The van der Waals surface area contributed by atoms with Crippen molar-refractivity contribution in [1.82, 2.24) is 10.6 Å². The summed E-state index contributed by atoms with van der Waals surface area (Å²) >= 11 is 0. The van der Waals surface area contributed by atoms with Gasteiger partial charge in [0.25, 0.3) is 0 Å². The van der Waals surface area contributed by atoms with E-state index < -0.39 is 23.0 Å². The van der Waals surface area contributed by atoms with Gasteiger partial charge in [-0.25, -0.2) is 4.79 Å². The number of benzene rings is 2. The molecule has 0 atom stereocenters. The fourth-order valence-corrected chi connectivity index (χ4v) is 4.40. The largest absolute Gasteiger partial charge is 0.481 e. The standard InChI is InChI=1S/C27H34N2O5/c1-5-27(6-2,23(30)28-16-15-26(3,4)24(31)32)29-25(33)34-17-22-20-13-9-7-11-18(20)19-12-8-10-14-21(19)22/h7-14,22H,5-6,15-17H2,1-4H3,(H,28,30)(H,29,33)(H,31,32). The molecule has 0 aromatic heterocycles. The number of nitrogens with one attached hydrogen (secondary N) is 2. The molecular weight excluding hydrogens is 432 g/mol. The van der Waals surface area contributed by atoms with Gasteiger partial charge >= 0.3 is 12.1 Å². The fourth-order valence-electron chi connectivity index (χ4n) is 4.40. The number of amides is 2. The fraction of sp³-hybridized carbons (Fsp3) is 0.444. The summed E-state index contributed by atoms with van der Waals surface area (Å²) < 4.78 is 5.63. The highest BCUT2D eigenvalue weighted by Crippen LogP contribution is 2.44. The summed E-state index contributed by atoms with van der Waals surface area (Å²) in [6.07, 6.45) is 0.387. The summed E-state index contributed by atoms with van der Waals surface area (Å²) in [5.41, 5.74) is 2.45. The third kappa shape index (κ3) is 5.08. The second kappa shape index (κ2) is 10.3. The monoisotopic (exact) mass is 466 g/mol. The minimum Gasteiger partial charge on any atom is -0.481 e. The number of hydrogen-bond donors (Lipinski definition) is 3. The van der Waals surface area contributed by atoms with Gasteiger partial charge in [0.2, 0.25) is 5.91 Å². The highest BCUT2D eigenvalue weighted by atomic mass is 16.5. The first-order valence-electron chi connectivity index (χ1n) is 11.8. The average Bonchev–Trinajstić information content (AvgIpc) is 3.14. The second-order valence-corrected chi connectivity index (χ2v) is 9.43. The van der Waals surface area contributed by atoms with Gasteiger partial charge in [-0.1, -0.05) is 62.4 Å². The number of alkyl carbamates (subject to hydrolysis) is 1. The van der Waals surface area contributed by atoms with Crippen molar-refractivity contribution in [3.63, 3.8) is 0 Å². The minimum atomic E-state index is -1.13. The molecule has 0 heterocycles. The van der Waals surface area contributed by atoms with Crippen molar-refractivity contribution in [2.24, 2.45) is 5.41 Å². The summed E-state index contributed by atoms with van der Waals surface area (Å²) in [6.45, 7) is 7.25. The number of carbonyl (C=O) groups is 3. The molecule has 7 nitrogen and oxygen atoms in total.